The van der Waals surface area contributed by atoms with E-state index in [1.165, 1.54) is 11.6 Å². The van der Waals surface area contributed by atoms with E-state index in [4.69, 9.17) is 23.2 Å². The number of aliphatic hydroxyl groups is 1. The van der Waals surface area contributed by atoms with Crippen molar-refractivity contribution in [3.8, 4) is 0 Å². The molecule has 0 saturated heterocycles. The fraction of sp³-hybridized carbons (Fsp3) is 0.478. The molecule has 152 valence electrons. The number of benzene rings is 2. The van der Waals surface area contributed by atoms with Crippen molar-refractivity contribution in [2.75, 3.05) is 20.6 Å². The highest BCUT2D eigenvalue weighted by Crippen LogP contribution is 2.42. The summed E-state index contributed by atoms with van der Waals surface area (Å²) in [4.78, 5) is 2.10. The van der Waals surface area contributed by atoms with E-state index in [2.05, 4.69) is 17.0 Å². The van der Waals surface area contributed by atoms with E-state index >= 15 is 0 Å². The minimum Gasteiger partial charge on any atom is -0.389 e. The Morgan fingerprint density at radius 1 is 1.14 bits per heavy atom. The third-order valence-corrected chi connectivity index (χ3v) is 6.54. The third-order valence-electron chi connectivity index (χ3n) is 5.93. The molecule has 3 unspecified atom stereocenters. The molecule has 0 heterocycles. The van der Waals surface area contributed by atoms with Crippen LogP contribution in [-0.2, 0) is 12.8 Å². The molecule has 1 saturated carbocycles. The lowest BCUT2D eigenvalue weighted by Crippen LogP contribution is -2.49. The Labute approximate surface area is 177 Å². The highest BCUT2D eigenvalue weighted by molar-refractivity contribution is 6.31. The molecule has 1 aliphatic carbocycles. The van der Waals surface area contributed by atoms with Gasteiger partial charge in [0, 0.05) is 34.5 Å². The molecule has 3 atom stereocenters. The van der Waals surface area contributed by atoms with Crippen molar-refractivity contribution in [2.45, 2.75) is 37.7 Å². The molecule has 0 aliphatic heterocycles. The molecule has 0 radical (unpaired) electrons. The summed E-state index contributed by atoms with van der Waals surface area (Å²) in [6.45, 7) is 0.764. The Kier molecular flexibility index (Phi) is 7.03. The van der Waals surface area contributed by atoms with E-state index < -0.39 is 5.60 Å². The molecule has 0 aromatic heterocycles. The van der Waals surface area contributed by atoms with Gasteiger partial charge in [-0.3, -0.25) is 0 Å². The summed E-state index contributed by atoms with van der Waals surface area (Å²) in [5.41, 5.74) is 0.735. The van der Waals surface area contributed by atoms with Crippen molar-refractivity contribution in [2.24, 2.45) is 11.8 Å². The maximum Gasteiger partial charge on any atom is 0.127 e. The number of rotatable bonds is 6. The predicted molar refractivity (Wildman–Crippen MR) is 115 cm³/mol. The molecule has 2 aromatic rings. The first kappa shape index (κ1) is 21.6. The number of hydrogen-bond acceptors (Lipinski definition) is 2. The number of hydrogen-bond donors (Lipinski definition) is 1. The van der Waals surface area contributed by atoms with Crippen molar-refractivity contribution >= 4 is 23.2 Å². The summed E-state index contributed by atoms with van der Waals surface area (Å²) in [7, 11) is 4.03. The van der Waals surface area contributed by atoms with E-state index in [-0.39, 0.29) is 18.2 Å². The normalized spacial score (nSPS) is 25.2. The molecule has 1 fully saturated rings. The maximum absolute atomic E-state index is 14.3. The molecule has 1 N–H and O–H groups in total. The Bertz CT molecular complexity index is 775. The van der Waals surface area contributed by atoms with Crippen LogP contribution in [0.5, 0.6) is 0 Å². The SMILES string of the molecule is CN(C)CC1CC(Cc2ccc(Cl)cc2)CCC1(O)Cc1c(F)cccc1Cl. The molecule has 2 nitrogen and oxygen atoms in total. The summed E-state index contributed by atoms with van der Waals surface area (Å²) in [6, 6.07) is 12.7. The van der Waals surface area contributed by atoms with Crippen LogP contribution in [0.1, 0.15) is 30.4 Å². The molecular weight excluding hydrogens is 396 g/mol. The van der Waals surface area contributed by atoms with E-state index in [9.17, 15) is 9.50 Å². The zero-order chi connectivity index (χ0) is 20.3. The van der Waals surface area contributed by atoms with E-state index in [0.29, 0.717) is 22.9 Å². The van der Waals surface area contributed by atoms with Gasteiger partial charge < -0.3 is 10.0 Å². The maximum atomic E-state index is 14.3. The van der Waals surface area contributed by atoms with Gasteiger partial charge in [0.05, 0.1) is 5.60 Å². The topological polar surface area (TPSA) is 23.5 Å². The molecule has 5 heteroatoms. The lowest BCUT2D eigenvalue weighted by atomic mass is 9.67. The molecule has 1 aliphatic rings. The van der Waals surface area contributed by atoms with Crippen LogP contribution >= 0.6 is 23.2 Å². The van der Waals surface area contributed by atoms with Crippen LogP contribution < -0.4 is 0 Å². The molecule has 28 heavy (non-hydrogen) atoms. The van der Waals surface area contributed by atoms with Gasteiger partial charge in [-0.25, -0.2) is 4.39 Å². The smallest absolute Gasteiger partial charge is 0.127 e. The van der Waals surface area contributed by atoms with Crippen LogP contribution in [0.4, 0.5) is 4.39 Å². The van der Waals surface area contributed by atoms with Crippen LogP contribution in [0.3, 0.4) is 0 Å². The quantitative estimate of drug-likeness (QED) is 0.650. The molecule has 2 aromatic carbocycles. The van der Waals surface area contributed by atoms with E-state index in [1.54, 1.807) is 12.1 Å². The minimum atomic E-state index is -0.952. The van der Waals surface area contributed by atoms with Gasteiger partial charge >= 0.3 is 0 Å². The second kappa shape index (κ2) is 9.13. The standard InChI is InChI=1S/C23H28Cl2FNO/c1-27(2)15-18-13-17(12-16-6-8-19(24)9-7-16)10-11-23(18,28)14-20-21(25)4-3-5-22(20)26/h3-9,17-18,28H,10-15H2,1-2H3. The minimum absolute atomic E-state index is 0.0595. The zero-order valence-corrected chi connectivity index (χ0v) is 18.0. The van der Waals surface area contributed by atoms with Gasteiger partial charge in [0.25, 0.3) is 0 Å². The number of nitrogens with zero attached hydrogens (tertiary/aromatic N) is 1. The van der Waals surface area contributed by atoms with Crippen molar-refractivity contribution in [3.63, 3.8) is 0 Å². The van der Waals surface area contributed by atoms with Crippen molar-refractivity contribution in [1.29, 1.82) is 0 Å². The van der Waals surface area contributed by atoms with Crippen molar-refractivity contribution in [1.82, 2.24) is 4.90 Å². The molecule has 3 rings (SSSR count). The van der Waals surface area contributed by atoms with Gasteiger partial charge in [0.15, 0.2) is 0 Å². The highest BCUT2D eigenvalue weighted by Gasteiger charge is 2.42. The summed E-state index contributed by atoms with van der Waals surface area (Å²) in [5.74, 6) is 0.208. The van der Waals surface area contributed by atoms with Crippen LogP contribution in [0.2, 0.25) is 10.0 Å². The van der Waals surface area contributed by atoms with Gasteiger partial charge in [0.1, 0.15) is 5.82 Å². The van der Waals surface area contributed by atoms with Gasteiger partial charge in [-0.1, -0.05) is 41.4 Å². The largest absolute Gasteiger partial charge is 0.389 e. The Balaban J connectivity index is 1.77. The van der Waals surface area contributed by atoms with Crippen LogP contribution in [-0.4, -0.2) is 36.2 Å². The first-order valence-electron chi connectivity index (χ1n) is 9.81. The van der Waals surface area contributed by atoms with Gasteiger partial charge in [-0.15, -0.1) is 0 Å². The fourth-order valence-electron chi connectivity index (χ4n) is 4.46. The molecule has 0 bridgehead atoms. The Morgan fingerprint density at radius 2 is 1.86 bits per heavy atom. The van der Waals surface area contributed by atoms with Crippen LogP contribution in [0.25, 0.3) is 0 Å². The fourth-order valence-corrected chi connectivity index (χ4v) is 4.82. The highest BCUT2D eigenvalue weighted by atomic mass is 35.5. The van der Waals surface area contributed by atoms with Gasteiger partial charge in [0.2, 0.25) is 0 Å². The summed E-state index contributed by atoms with van der Waals surface area (Å²) >= 11 is 12.2. The predicted octanol–water partition coefficient (Wildman–Crippen LogP) is 5.63. The van der Waals surface area contributed by atoms with Crippen LogP contribution in [0, 0.1) is 17.7 Å². The molecular formula is C23H28Cl2FNO. The second-order valence-electron chi connectivity index (χ2n) is 8.41. The summed E-state index contributed by atoms with van der Waals surface area (Å²) in [5, 5.41) is 12.7. The van der Waals surface area contributed by atoms with Crippen molar-refractivity contribution in [3.05, 3.63) is 69.5 Å². The summed E-state index contributed by atoms with van der Waals surface area (Å²) in [6.07, 6.45) is 3.69. The van der Waals surface area contributed by atoms with E-state index in [0.717, 1.165) is 30.8 Å². The average Bonchev–Trinajstić information content (AvgIpc) is 2.63. The Morgan fingerprint density at radius 3 is 2.50 bits per heavy atom. The second-order valence-corrected chi connectivity index (χ2v) is 9.25. The lowest BCUT2D eigenvalue weighted by molar-refractivity contribution is -0.0690. The number of halogens is 3. The van der Waals surface area contributed by atoms with Crippen molar-refractivity contribution < 1.29 is 9.50 Å². The monoisotopic (exact) mass is 423 g/mol. The third kappa shape index (κ3) is 5.27. The first-order valence-corrected chi connectivity index (χ1v) is 10.6. The lowest BCUT2D eigenvalue weighted by Gasteiger charge is -2.44. The average molecular weight is 424 g/mol. The molecule has 0 amide bonds. The first-order chi connectivity index (χ1) is 13.3. The Hall–Kier alpha value is -1.13. The van der Waals surface area contributed by atoms with E-state index in [1.807, 2.05) is 26.2 Å². The zero-order valence-electron chi connectivity index (χ0n) is 16.5. The summed E-state index contributed by atoms with van der Waals surface area (Å²) < 4.78 is 14.3. The van der Waals surface area contributed by atoms with Gasteiger partial charge in [-0.2, -0.15) is 0 Å². The van der Waals surface area contributed by atoms with Gasteiger partial charge in [-0.05, 0) is 75.5 Å². The van der Waals surface area contributed by atoms with Crippen LogP contribution in [0.15, 0.2) is 42.5 Å². The molecule has 0 spiro atoms.